The number of nitrogens with one attached hydrogen (secondary N) is 1. The number of hydrogen-bond acceptors (Lipinski definition) is 3. The molecule has 1 aromatic carbocycles. The van der Waals surface area contributed by atoms with Gasteiger partial charge < -0.3 is 5.32 Å². The third kappa shape index (κ3) is 3.56. The van der Waals surface area contributed by atoms with Crippen LogP contribution in [0.15, 0.2) is 35.4 Å². The molecule has 0 radical (unpaired) electrons. The van der Waals surface area contributed by atoms with Crippen molar-refractivity contribution in [3.8, 4) is 0 Å². The summed E-state index contributed by atoms with van der Waals surface area (Å²) in [6.07, 6.45) is 0. The van der Waals surface area contributed by atoms with Crippen LogP contribution in [-0.2, 0) is 5.75 Å². The van der Waals surface area contributed by atoms with E-state index in [1.807, 2.05) is 12.1 Å². The van der Waals surface area contributed by atoms with Crippen LogP contribution in [0.2, 0.25) is 10.0 Å². The lowest BCUT2D eigenvalue weighted by atomic mass is 10.1. The molecule has 0 spiro atoms. The van der Waals surface area contributed by atoms with Gasteiger partial charge in [-0.15, -0.1) is 11.8 Å². The molecule has 0 atom stereocenters. The zero-order valence-electron chi connectivity index (χ0n) is 10.7. The lowest BCUT2D eigenvalue weighted by Crippen LogP contribution is -1.95. The summed E-state index contributed by atoms with van der Waals surface area (Å²) in [5.41, 5.74) is 2.56. The molecule has 0 bridgehead atoms. The zero-order chi connectivity index (χ0) is 13.8. The van der Waals surface area contributed by atoms with Crippen LogP contribution in [0, 0.1) is 6.92 Å². The zero-order valence-corrected chi connectivity index (χ0v) is 13.0. The number of halogens is 2. The van der Waals surface area contributed by atoms with E-state index in [0.717, 1.165) is 10.8 Å². The minimum Gasteiger partial charge on any atom is -0.372 e. The fourth-order valence-electron chi connectivity index (χ4n) is 1.64. The van der Waals surface area contributed by atoms with Gasteiger partial charge in [0.15, 0.2) is 0 Å². The average Bonchev–Trinajstić information content (AvgIpc) is 2.39. The molecule has 0 unspecified atom stereocenters. The van der Waals surface area contributed by atoms with Crippen LogP contribution in [0.25, 0.3) is 0 Å². The van der Waals surface area contributed by atoms with Crippen LogP contribution >= 0.6 is 35.0 Å². The van der Waals surface area contributed by atoms with E-state index < -0.39 is 0 Å². The Hall–Kier alpha value is -0.900. The van der Waals surface area contributed by atoms with Crippen molar-refractivity contribution in [3.63, 3.8) is 0 Å². The molecular weight excluding hydrogens is 299 g/mol. The van der Waals surface area contributed by atoms with Crippen LogP contribution in [0.1, 0.15) is 11.1 Å². The summed E-state index contributed by atoms with van der Waals surface area (Å²) in [4.78, 5) is 4.42. The minimum atomic E-state index is 0.535. The summed E-state index contributed by atoms with van der Waals surface area (Å²) in [5.74, 6) is 1.49. The molecule has 0 aliphatic heterocycles. The highest BCUT2D eigenvalue weighted by atomic mass is 35.5. The Bertz CT molecular complexity index is 588. The number of nitrogens with zero attached hydrogens (tertiary/aromatic N) is 1. The van der Waals surface area contributed by atoms with Gasteiger partial charge in [0.25, 0.3) is 0 Å². The van der Waals surface area contributed by atoms with E-state index in [1.54, 1.807) is 24.9 Å². The second-order valence-electron chi connectivity index (χ2n) is 4.07. The molecule has 0 aliphatic carbocycles. The number of hydrogen-bond donors (Lipinski definition) is 1. The largest absolute Gasteiger partial charge is 0.372 e. The van der Waals surface area contributed by atoms with E-state index >= 15 is 0 Å². The summed E-state index contributed by atoms with van der Waals surface area (Å²) < 4.78 is 0. The van der Waals surface area contributed by atoms with Gasteiger partial charge in [-0.25, -0.2) is 4.98 Å². The number of rotatable bonds is 4. The van der Waals surface area contributed by atoms with Crippen LogP contribution in [-0.4, -0.2) is 12.0 Å². The van der Waals surface area contributed by atoms with Crippen LogP contribution in [0.5, 0.6) is 0 Å². The molecule has 5 heteroatoms. The van der Waals surface area contributed by atoms with Crippen molar-refractivity contribution in [1.82, 2.24) is 4.98 Å². The summed E-state index contributed by atoms with van der Waals surface area (Å²) in [5, 5.41) is 4.87. The highest BCUT2D eigenvalue weighted by molar-refractivity contribution is 7.98. The number of anilines is 1. The van der Waals surface area contributed by atoms with E-state index in [1.165, 1.54) is 11.1 Å². The van der Waals surface area contributed by atoms with Crippen LogP contribution in [0.4, 0.5) is 5.82 Å². The maximum Gasteiger partial charge on any atom is 0.145 e. The maximum absolute atomic E-state index is 6.17. The molecule has 0 aliphatic rings. The maximum atomic E-state index is 6.17. The standard InChI is InChI=1S/C14H14Cl2N2S/c1-9-5-3-4-6-10(9)8-19-14-12(16)7-11(15)13(17-2)18-14/h3-7H,8H2,1-2H3,(H,17,18). The lowest BCUT2D eigenvalue weighted by molar-refractivity contribution is 1.12. The summed E-state index contributed by atoms with van der Waals surface area (Å²) in [6.45, 7) is 2.10. The quantitative estimate of drug-likeness (QED) is 0.801. The highest BCUT2D eigenvalue weighted by Crippen LogP contribution is 2.33. The van der Waals surface area contributed by atoms with Gasteiger partial charge in [0.05, 0.1) is 10.0 Å². The normalized spacial score (nSPS) is 10.5. The van der Waals surface area contributed by atoms with Crippen molar-refractivity contribution in [2.24, 2.45) is 0 Å². The number of thioether (sulfide) groups is 1. The summed E-state index contributed by atoms with van der Waals surface area (Å²) in [6, 6.07) is 10.0. The fraction of sp³-hybridized carbons (Fsp3) is 0.214. The first kappa shape index (κ1) is 14.5. The molecule has 2 rings (SSSR count). The highest BCUT2D eigenvalue weighted by Gasteiger charge is 2.09. The molecule has 1 aromatic heterocycles. The van der Waals surface area contributed by atoms with Gasteiger partial charge >= 0.3 is 0 Å². The van der Waals surface area contributed by atoms with Gasteiger partial charge in [-0.05, 0) is 24.1 Å². The molecular formula is C14H14Cl2N2S. The smallest absolute Gasteiger partial charge is 0.145 e. The van der Waals surface area contributed by atoms with Gasteiger partial charge in [-0.3, -0.25) is 0 Å². The van der Waals surface area contributed by atoms with Crippen molar-refractivity contribution in [1.29, 1.82) is 0 Å². The summed E-state index contributed by atoms with van der Waals surface area (Å²) >= 11 is 13.8. The second kappa shape index (κ2) is 6.51. The Balaban J connectivity index is 2.18. The first-order valence-corrected chi connectivity index (χ1v) is 7.57. The van der Waals surface area contributed by atoms with Gasteiger partial charge in [0.1, 0.15) is 10.8 Å². The number of aryl methyl sites for hydroxylation is 1. The predicted octanol–water partition coefficient (Wildman–Crippen LogP) is 5.03. The fourth-order valence-corrected chi connectivity index (χ4v) is 3.23. The Kier molecular flexibility index (Phi) is 4.97. The van der Waals surface area contributed by atoms with Gasteiger partial charge in [0, 0.05) is 12.8 Å². The second-order valence-corrected chi connectivity index (χ2v) is 5.85. The lowest BCUT2D eigenvalue weighted by Gasteiger charge is -2.09. The molecule has 19 heavy (non-hydrogen) atoms. The van der Waals surface area contributed by atoms with Crippen molar-refractivity contribution in [2.45, 2.75) is 17.7 Å². The molecule has 0 amide bonds. The van der Waals surface area contributed by atoms with Crippen LogP contribution in [0.3, 0.4) is 0 Å². The Labute approximate surface area is 127 Å². The molecule has 0 saturated heterocycles. The van der Waals surface area contributed by atoms with E-state index in [-0.39, 0.29) is 0 Å². The van der Waals surface area contributed by atoms with E-state index in [4.69, 9.17) is 23.2 Å². The van der Waals surface area contributed by atoms with Crippen molar-refractivity contribution in [3.05, 3.63) is 51.5 Å². The van der Waals surface area contributed by atoms with Gasteiger partial charge in [-0.1, -0.05) is 47.5 Å². The third-order valence-corrected chi connectivity index (χ3v) is 4.49. The molecule has 0 saturated carbocycles. The minimum absolute atomic E-state index is 0.535. The number of pyridine rings is 1. The SMILES string of the molecule is CNc1nc(SCc2ccccc2C)c(Cl)cc1Cl. The third-order valence-electron chi connectivity index (χ3n) is 2.76. The first-order valence-electron chi connectivity index (χ1n) is 5.83. The van der Waals surface area contributed by atoms with Crippen molar-refractivity contribution < 1.29 is 0 Å². The molecule has 1 heterocycles. The predicted molar refractivity (Wildman–Crippen MR) is 84.5 cm³/mol. The molecule has 100 valence electrons. The number of aromatic nitrogens is 1. The van der Waals surface area contributed by atoms with E-state index in [0.29, 0.717) is 15.9 Å². The van der Waals surface area contributed by atoms with E-state index in [2.05, 4.69) is 29.4 Å². The average molecular weight is 313 g/mol. The monoisotopic (exact) mass is 312 g/mol. The Morgan fingerprint density at radius 3 is 2.63 bits per heavy atom. The van der Waals surface area contributed by atoms with Gasteiger partial charge in [0.2, 0.25) is 0 Å². The van der Waals surface area contributed by atoms with Crippen molar-refractivity contribution in [2.75, 3.05) is 12.4 Å². The molecule has 0 fully saturated rings. The van der Waals surface area contributed by atoms with Crippen LogP contribution < -0.4 is 5.32 Å². The van der Waals surface area contributed by atoms with Gasteiger partial charge in [-0.2, -0.15) is 0 Å². The topological polar surface area (TPSA) is 24.9 Å². The summed E-state index contributed by atoms with van der Waals surface area (Å²) in [7, 11) is 1.79. The Morgan fingerprint density at radius 2 is 1.95 bits per heavy atom. The number of benzene rings is 1. The Morgan fingerprint density at radius 1 is 1.21 bits per heavy atom. The van der Waals surface area contributed by atoms with Crippen molar-refractivity contribution >= 4 is 40.8 Å². The van der Waals surface area contributed by atoms with E-state index in [9.17, 15) is 0 Å². The molecule has 2 nitrogen and oxygen atoms in total. The molecule has 2 aromatic rings. The molecule has 1 N–H and O–H groups in total. The first-order chi connectivity index (χ1) is 9.11.